The molecule has 1 aliphatic heterocycles. The van der Waals surface area contributed by atoms with Crippen LogP contribution in [0.2, 0.25) is 10.0 Å². The summed E-state index contributed by atoms with van der Waals surface area (Å²) in [6, 6.07) is -0.757. The second kappa shape index (κ2) is 10.4. The number of carboxylic acid groups (broad SMARTS) is 1. The number of hydrogen-bond donors (Lipinski definition) is 3. The van der Waals surface area contributed by atoms with Gasteiger partial charge >= 0.3 is 6.16 Å². The van der Waals surface area contributed by atoms with Crippen molar-refractivity contribution in [2.45, 2.75) is 32.3 Å². The number of halogens is 3. The molecule has 35 heavy (non-hydrogen) atoms. The summed E-state index contributed by atoms with van der Waals surface area (Å²) in [5, 5.41) is 12.5. The topological polar surface area (TPSA) is 135 Å². The van der Waals surface area contributed by atoms with Gasteiger partial charge in [-0.3, -0.25) is 4.79 Å². The minimum atomic E-state index is -1.51. The fourth-order valence-electron chi connectivity index (χ4n) is 3.70. The van der Waals surface area contributed by atoms with Crippen LogP contribution in [0.25, 0.3) is 11.5 Å². The van der Waals surface area contributed by atoms with E-state index in [1.165, 1.54) is 13.3 Å². The van der Waals surface area contributed by atoms with Crippen molar-refractivity contribution in [3.8, 4) is 16.6 Å². The third-order valence-electron chi connectivity index (χ3n) is 5.37. The van der Waals surface area contributed by atoms with Gasteiger partial charge in [-0.05, 0) is 13.3 Å². The van der Waals surface area contributed by atoms with E-state index in [1.54, 1.807) is 22.6 Å². The first kappa shape index (κ1) is 25.2. The number of nitrogens with one attached hydrogen (secondary N) is 2. The number of rotatable bonds is 7. The summed E-state index contributed by atoms with van der Waals surface area (Å²) in [5.41, 5.74) is 0.822. The van der Waals surface area contributed by atoms with E-state index in [-0.39, 0.29) is 46.2 Å². The van der Waals surface area contributed by atoms with Gasteiger partial charge in [-0.1, -0.05) is 34.5 Å². The van der Waals surface area contributed by atoms with Crippen LogP contribution in [-0.4, -0.2) is 69.1 Å². The Labute approximate surface area is 212 Å². The van der Waals surface area contributed by atoms with Crippen LogP contribution < -0.4 is 15.0 Å². The molecule has 0 aliphatic carbocycles. The molecule has 0 radical (unpaired) electrons. The smallest absolute Gasteiger partial charge is 0.449 e. The number of alkyl halides is 1. The molecule has 0 aromatic carbocycles. The second-order valence-corrected chi connectivity index (χ2v) is 9.42. The molecule has 1 aliphatic rings. The molecule has 1 fully saturated rings. The molecule has 0 saturated carbocycles. The maximum absolute atomic E-state index is 15.1. The quantitative estimate of drug-likeness (QED) is 0.379. The number of methoxy groups -OCH3 is 1. The molecule has 0 spiro atoms. The first-order chi connectivity index (χ1) is 16.7. The van der Waals surface area contributed by atoms with E-state index in [1.807, 2.05) is 0 Å². The average molecular weight is 547 g/mol. The number of ether oxygens (including phenoxy) is 2. The standard InChI is InChI=1S/C20H21Cl2FN6O5S/c1-9-12(21)13(22)14(25-9)17(30)26-11-3-5-28(7-10(11)23)19-27-15(18(35-19)34-20(31)32)16-24-4-6-29(16)8-33-2/h4,6,10-11,25H,3,5,7-8H2,1-2H3,(H,26,30)(H,31,32)/t10-,11+/m0/s1. The summed E-state index contributed by atoms with van der Waals surface area (Å²) in [6.07, 6.45) is 0.521. The van der Waals surface area contributed by atoms with E-state index >= 15 is 4.39 Å². The highest BCUT2D eigenvalue weighted by Gasteiger charge is 2.34. The number of anilines is 1. The van der Waals surface area contributed by atoms with Crippen molar-refractivity contribution in [2.75, 3.05) is 25.1 Å². The van der Waals surface area contributed by atoms with Crippen molar-refractivity contribution in [3.63, 3.8) is 0 Å². The van der Waals surface area contributed by atoms with Gasteiger partial charge in [0.25, 0.3) is 5.91 Å². The number of piperidine rings is 1. The summed E-state index contributed by atoms with van der Waals surface area (Å²) in [7, 11) is 1.51. The van der Waals surface area contributed by atoms with Crippen molar-refractivity contribution < 1.29 is 28.6 Å². The highest BCUT2D eigenvalue weighted by molar-refractivity contribution is 7.18. The summed E-state index contributed by atoms with van der Waals surface area (Å²) in [4.78, 5) is 37.0. The molecule has 1 saturated heterocycles. The number of thiazole rings is 1. The Morgan fingerprint density at radius 1 is 1.40 bits per heavy atom. The van der Waals surface area contributed by atoms with Crippen LogP contribution in [0.3, 0.4) is 0 Å². The molecule has 188 valence electrons. The number of aromatic amines is 1. The lowest BCUT2D eigenvalue weighted by atomic mass is 10.0. The van der Waals surface area contributed by atoms with Crippen LogP contribution in [0.4, 0.5) is 14.3 Å². The predicted octanol–water partition coefficient (Wildman–Crippen LogP) is 3.96. The number of carbonyl (C=O) groups excluding carboxylic acids is 1. The third-order valence-corrected chi connectivity index (χ3v) is 7.31. The van der Waals surface area contributed by atoms with Crippen molar-refractivity contribution in [1.29, 1.82) is 0 Å². The monoisotopic (exact) mass is 546 g/mol. The van der Waals surface area contributed by atoms with Crippen LogP contribution in [0.1, 0.15) is 22.6 Å². The van der Waals surface area contributed by atoms with Crippen molar-refractivity contribution in [3.05, 3.63) is 33.8 Å². The number of nitrogens with zero attached hydrogens (tertiary/aromatic N) is 4. The summed E-state index contributed by atoms with van der Waals surface area (Å²) < 4.78 is 26.8. The fraction of sp³-hybridized carbons (Fsp3) is 0.400. The van der Waals surface area contributed by atoms with Gasteiger partial charge in [0.15, 0.2) is 16.6 Å². The van der Waals surface area contributed by atoms with Gasteiger partial charge in [0.05, 0.1) is 22.6 Å². The summed E-state index contributed by atoms with van der Waals surface area (Å²) in [6.45, 7) is 2.13. The van der Waals surface area contributed by atoms with Gasteiger partial charge in [0.2, 0.25) is 5.06 Å². The third kappa shape index (κ3) is 5.22. The number of amides is 1. The minimum Gasteiger partial charge on any atom is -0.449 e. The van der Waals surface area contributed by atoms with Gasteiger partial charge in [0.1, 0.15) is 18.6 Å². The maximum Gasteiger partial charge on any atom is 0.512 e. The van der Waals surface area contributed by atoms with E-state index in [4.69, 9.17) is 37.8 Å². The molecule has 4 heterocycles. The van der Waals surface area contributed by atoms with Gasteiger partial charge in [-0.15, -0.1) is 0 Å². The Hall–Kier alpha value is -2.87. The zero-order valence-electron chi connectivity index (χ0n) is 18.5. The highest BCUT2D eigenvalue weighted by Crippen LogP contribution is 2.40. The lowest BCUT2D eigenvalue weighted by Gasteiger charge is -2.34. The molecule has 15 heteroatoms. The van der Waals surface area contributed by atoms with Crippen molar-refractivity contribution in [2.24, 2.45) is 0 Å². The molecule has 4 rings (SSSR count). The lowest BCUT2D eigenvalue weighted by molar-refractivity contribution is 0.0894. The molecule has 3 N–H and O–H groups in total. The molecule has 11 nitrogen and oxygen atoms in total. The molecule has 1 amide bonds. The number of H-pyrrole nitrogens is 1. The molecular weight excluding hydrogens is 526 g/mol. The number of imidazole rings is 1. The molecule has 3 aromatic rings. The van der Waals surface area contributed by atoms with Gasteiger partial charge in [-0.2, -0.15) is 0 Å². The number of hydrogen-bond acceptors (Lipinski definition) is 8. The predicted molar refractivity (Wildman–Crippen MR) is 128 cm³/mol. The van der Waals surface area contributed by atoms with Crippen LogP contribution >= 0.6 is 34.5 Å². The van der Waals surface area contributed by atoms with Crippen LogP contribution in [-0.2, 0) is 11.5 Å². The summed E-state index contributed by atoms with van der Waals surface area (Å²) in [5.74, 6) is -0.203. The lowest BCUT2D eigenvalue weighted by Crippen LogP contribution is -2.52. The normalized spacial score (nSPS) is 18.0. The zero-order valence-corrected chi connectivity index (χ0v) is 20.9. The minimum absolute atomic E-state index is 0.00974. The Kier molecular flexibility index (Phi) is 7.50. The van der Waals surface area contributed by atoms with E-state index < -0.39 is 24.3 Å². The van der Waals surface area contributed by atoms with E-state index in [9.17, 15) is 9.59 Å². The Morgan fingerprint density at radius 2 is 2.17 bits per heavy atom. The van der Waals surface area contributed by atoms with E-state index in [0.717, 1.165) is 11.3 Å². The number of aromatic nitrogens is 4. The Bertz CT molecular complexity index is 1250. The Balaban J connectivity index is 1.50. The van der Waals surface area contributed by atoms with Crippen LogP contribution in [0, 0.1) is 6.92 Å². The second-order valence-electron chi connectivity index (χ2n) is 7.72. The van der Waals surface area contributed by atoms with E-state index in [0.29, 0.717) is 23.2 Å². The van der Waals surface area contributed by atoms with Crippen LogP contribution in [0.5, 0.6) is 5.06 Å². The maximum atomic E-state index is 15.1. The number of carbonyl (C=O) groups is 2. The van der Waals surface area contributed by atoms with Crippen LogP contribution in [0.15, 0.2) is 12.4 Å². The fourth-order valence-corrected chi connectivity index (χ4v) is 5.06. The molecule has 0 bridgehead atoms. The largest absolute Gasteiger partial charge is 0.512 e. The molecule has 0 unspecified atom stereocenters. The first-order valence-electron chi connectivity index (χ1n) is 10.3. The highest BCUT2D eigenvalue weighted by atomic mass is 35.5. The van der Waals surface area contributed by atoms with Gasteiger partial charge < -0.3 is 34.3 Å². The van der Waals surface area contributed by atoms with E-state index in [2.05, 4.69) is 20.3 Å². The Morgan fingerprint density at radius 3 is 2.80 bits per heavy atom. The van der Waals surface area contributed by atoms with Gasteiger partial charge in [-0.25, -0.2) is 19.2 Å². The SMILES string of the molecule is COCn1ccnc1-c1nc(N2CC[C@@H](NC(=O)c3[nH]c(C)c(Cl)c3Cl)[C@@H](F)C2)sc1OC(=O)O. The van der Waals surface area contributed by atoms with Gasteiger partial charge in [0, 0.05) is 31.7 Å². The van der Waals surface area contributed by atoms with Crippen molar-refractivity contribution in [1.82, 2.24) is 24.8 Å². The average Bonchev–Trinajstić information content (AvgIpc) is 3.49. The van der Waals surface area contributed by atoms with Crippen molar-refractivity contribution >= 4 is 51.7 Å². The molecular formula is C20H21Cl2FN6O5S. The molecule has 2 atom stereocenters. The number of aryl methyl sites for hydroxylation is 1. The first-order valence-corrected chi connectivity index (χ1v) is 11.9. The summed E-state index contributed by atoms with van der Waals surface area (Å²) >= 11 is 13.1. The molecule has 3 aromatic heterocycles. The zero-order chi connectivity index (χ0) is 25.3.